The molecule has 4 atom stereocenters. The van der Waals surface area contributed by atoms with Crippen molar-refractivity contribution in [3.8, 4) is 11.5 Å². The summed E-state index contributed by atoms with van der Waals surface area (Å²) in [5.74, 6) is 0.231. The van der Waals surface area contributed by atoms with Crippen LogP contribution in [0.25, 0.3) is 0 Å². The molecule has 0 aliphatic carbocycles. The number of ether oxygens (including phenoxy) is 2. The summed E-state index contributed by atoms with van der Waals surface area (Å²) in [4.78, 5) is 43.4. The first-order valence-corrected chi connectivity index (χ1v) is 18.9. The summed E-state index contributed by atoms with van der Waals surface area (Å²) >= 11 is 6.51. The van der Waals surface area contributed by atoms with Gasteiger partial charge in [-0.05, 0) is 79.7 Å². The Balaban J connectivity index is 1.28. The van der Waals surface area contributed by atoms with Gasteiger partial charge in [0.05, 0.1) is 29.6 Å². The van der Waals surface area contributed by atoms with Crippen LogP contribution in [0, 0.1) is 5.92 Å². The van der Waals surface area contributed by atoms with Crippen LogP contribution >= 0.6 is 11.6 Å². The van der Waals surface area contributed by atoms with Gasteiger partial charge in [0.1, 0.15) is 5.75 Å². The van der Waals surface area contributed by atoms with E-state index < -0.39 is 20.0 Å². The number of hydrogen-bond acceptors (Lipinski definition) is 6. The van der Waals surface area contributed by atoms with Crippen LogP contribution in [0.3, 0.4) is 0 Å². The van der Waals surface area contributed by atoms with Gasteiger partial charge in [-0.2, -0.15) is 0 Å². The zero-order valence-electron chi connectivity index (χ0n) is 25.8. The van der Waals surface area contributed by atoms with Crippen LogP contribution in [-0.4, -0.2) is 42.7 Å². The maximum atomic E-state index is 14.7. The summed E-state index contributed by atoms with van der Waals surface area (Å²) in [5.41, 5.74) is 2.22. The number of hydrogen-bond donors (Lipinski definition) is 2. The zero-order valence-corrected chi connectivity index (χ0v) is 27.6. The number of aliphatic hydroxyl groups excluding tert-OH is 1. The standard InChI is InChI=1S/C36H35ClN2O6Si/c1-22-33(46(2,3)43)32(17-18-40)45-36(22)27-20-24(37)15-16-28(27)38(35(36)42)21-23-9-8-10-25(19-23)39-29-12-5-7-14-31(29)44-30-13-6-4-11-26(30)34(39)41/h4-16,19-20,22,32-33,40,43H,17-18,21H2,1-3H3/t22-,32+,33-,36+/m0/s1. The Morgan fingerprint density at radius 1 is 0.913 bits per heavy atom. The minimum Gasteiger partial charge on any atom is -0.454 e. The van der Waals surface area contributed by atoms with E-state index >= 15 is 0 Å². The second kappa shape index (κ2) is 11.4. The van der Waals surface area contributed by atoms with E-state index in [0.717, 1.165) is 5.56 Å². The van der Waals surface area contributed by atoms with Crippen molar-refractivity contribution in [3.05, 3.63) is 113 Å². The molecule has 7 rings (SSSR count). The van der Waals surface area contributed by atoms with Gasteiger partial charge in [0.15, 0.2) is 19.7 Å². The zero-order chi connectivity index (χ0) is 32.4. The fourth-order valence-corrected chi connectivity index (χ4v) is 10.4. The number of nitrogens with zero attached hydrogens (tertiary/aromatic N) is 2. The van der Waals surface area contributed by atoms with Crippen molar-refractivity contribution in [3.63, 3.8) is 0 Å². The van der Waals surface area contributed by atoms with Crippen molar-refractivity contribution in [2.24, 2.45) is 5.92 Å². The molecule has 236 valence electrons. The Kier molecular flexibility index (Phi) is 7.57. The van der Waals surface area contributed by atoms with E-state index in [1.54, 1.807) is 34.1 Å². The van der Waals surface area contributed by atoms with E-state index in [9.17, 15) is 19.5 Å². The second-order valence-electron chi connectivity index (χ2n) is 12.8. The Morgan fingerprint density at radius 2 is 1.65 bits per heavy atom. The van der Waals surface area contributed by atoms with Gasteiger partial charge >= 0.3 is 0 Å². The molecule has 0 radical (unpaired) electrons. The predicted molar refractivity (Wildman–Crippen MR) is 179 cm³/mol. The van der Waals surface area contributed by atoms with Crippen LogP contribution in [0.15, 0.2) is 91.0 Å². The maximum absolute atomic E-state index is 14.7. The molecule has 1 spiro atoms. The molecule has 4 aromatic carbocycles. The Bertz CT molecular complexity index is 1860. The van der Waals surface area contributed by atoms with Crippen LogP contribution in [0.2, 0.25) is 23.7 Å². The van der Waals surface area contributed by atoms with Crippen LogP contribution in [-0.2, 0) is 21.7 Å². The van der Waals surface area contributed by atoms with Crippen LogP contribution < -0.4 is 14.5 Å². The smallest absolute Gasteiger partial charge is 0.266 e. The van der Waals surface area contributed by atoms with Gasteiger partial charge in [-0.1, -0.05) is 54.9 Å². The van der Waals surface area contributed by atoms with E-state index in [4.69, 9.17) is 21.1 Å². The van der Waals surface area contributed by atoms with E-state index in [1.807, 2.05) is 86.7 Å². The number of carbonyl (C=O) groups is 2. The Morgan fingerprint density at radius 3 is 2.41 bits per heavy atom. The van der Waals surface area contributed by atoms with Crippen molar-refractivity contribution in [2.75, 3.05) is 16.4 Å². The molecule has 1 fully saturated rings. The van der Waals surface area contributed by atoms with Crippen molar-refractivity contribution >= 4 is 48.8 Å². The molecule has 0 aromatic heterocycles. The quantitative estimate of drug-likeness (QED) is 0.214. The third-order valence-corrected chi connectivity index (χ3v) is 12.3. The average Bonchev–Trinajstić information content (AvgIpc) is 3.39. The van der Waals surface area contributed by atoms with Crippen molar-refractivity contribution < 1.29 is 29.0 Å². The molecule has 3 aliphatic heterocycles. The lowest BCUT2D eigenvalue weighted by atomic mass is 9.82. The van der Waals surface area contributed by atoms with Gasteiger partial charge < -0.3 is 24.3 Å². The lowest BCUT2D eigenvalue weighted by Crippen LogP contribution is -2.46. The summed E-state index contributed by atoms with van der Waals surface area (Å²) in [6, 6.07) is 27.6. The maximum Gasteiger partial charge on any atom is 0.266 e. The first-order valence-electron chi connectivity index (χ1n) is 15.5. The topological polar surface area (TPSA) is 99.5 Å². The molecule has 4 aromatic rings. The lowest BCUT2D eigenvalue weighted by molar-refractivity contribution is -0.146. The lowest BCUT2D eigenvalue weighted by Gasteiger charge is -2.32. The highest BCUT2D eigenvalue weighted by atomic mass is 35.5. The van der Waals surface area contributed by atoms with Crippen LogP contribution in [0.5, 0.6) is 11.5 Å². The molecule has 2 amide bonds. The monoisotopic (exact) mass is 654 g/mol. The molecule has 8 nitrogen and oxygen atoms in total. The summed E-state index contributed by atoms with van der Waals surface area (Å²) in [7, 11) is -2.82. The van der Waals surface area contributed by atoms with Gasteiger partial charge in [-0.3, -0.25) is 14.5 Å². The summed E-state index contributed by atoms with van der Waals surface area (Å²) in [6.07, 6.45) is -0.165. The average molecular weight is 655 g/mol. The minimum atomic E-state index is -2.82. The first-order chi connectivity index (χ1) is 22.0. The number of halogens is 1. The Hall–Kier alpha value is -3.99. The number of aliphatic hydroxyl groups is 1. The number of carbonyl (C=O) groups excluding carboxylic acids is 2. The van der Waals surface area contributed by atoms with Crippen molar-refractivity contribution in [1.29, 1.82) is 0 Å². The predicted octanol–water partition coefficient (Wildman–Crippen LogP) is 7.15. The summed E-state index contributed by atoms with van der Waals surface area (Å²) < 4.78 is 12.9. The third kappa shape index (κ3) is 4.77. The third-order valence-electron chi connectivity index (χ3n) is 9.52. The number of amides is 2. The normalized spacial score (nSPS) is 23.7. The highest BCUT2D eigenvalue weighted by molar-refractivity contribution is 6.71. The van der Waals surface area contributed by atoms with Crippen LogP contribution in [0.1, 0.15) is 34.8 Å². The molecular formula is C36H35ClN2O6Si. The van der Waals surface area contributed by atoms with E-state index in [-0.39, 0.29) is 36.4 Å². The molecule has 3 aliphatic rings. The second-order valence-corrected chi connectivity index (χ2v) is 17.2. The van der Waals surface area contributed by atoms with Gasteiger partial charge in [-0.25, -0.2) is 0 Å². The highest BCUT2D eigenvalue weighted by Gasteiger charge is 2.66. The number of fused-ring (bicyclic) bond motifs is 4. The van der Waals surface area contributed by atoms with Gasteiger partial charge in [0.2, 0.25) is 0 Å². The summed E-state index contributed by atoms with van der Waals surface area (Å²) in [6.45, 7) is 5.77. The van der Waals surface area contributed by atoms with Gasteiger partial charge in [-0.15, -0.1) is 0 Å². The number of para-hydroxylation sites is 3. The Labute approximate surface area is 273 Å². The molecule has 3 heterocycles. The van der Waals surface area contributed by atoms with E-state index in [1.165, 1.54) is 0 Å². The van der Waals surface area contributed by atoms with Crippen LogP contribution in [0.4, 0.5) is 17.1 Å². The van der Waals surface area contributed by atoms with Crippen molar-refractivity contribution in [2.45, 2.75) is 50.2 Å². The van der Waals surface area contributed by atoms with E-state index in [0.29, 0.717) is 51.1 Å². The summed E-state index contributed by atoms with van der Waals surface area (Å²) in [5, 5.41) is 10.3. The molecule has 0 bridgehead atoms. The number of benzene rings is 4. The van der Waals surface area contributed by atoms with Gasteiger partial charge in [0.25, 0.3) is 11.8 Å². The van der Waals surface area contributed by atoms with Crippen molar-refractivity contribution in [1.82, 2.24) is 0 Å². The van der Waals surface area contributed by atoms with Gasteiger partial charge in [0, 0.05) is 34.3 Å². The molecule has 0 saturated carbocycles. The largest absolute Gasteiger partial charge is 0.454 e. The number of rotatable bonds is 6. The van der Waals surface area contributed by atoms with E-state index in [2.05, 4.69) is 0 Å². The molecule has 2 N–H and O–H groups in total. The minimum absolute atomic E-state index is 0.116. The molecular weight excluding hydrogens is 620 g/mol. The molecule has 0 unspecified atom stereocenters. The molecule has 1 saturated heterocycles. The fourth-order valence-electron chi connectivity index (χ4n) is 7.65. The SMILES string of the molecule is C[C@H]1[C@H]([Si](C)(C)O)[C@@H](CCO)O[C@]12C(=O)N(Cc1cccc(N3C(=O)c4ccccc4Oc4ccccc43)c1)c1ccc(Cl)cc12. The fraction of sp³-hybridized carbons (Fsp3) is 0.278. The highest BCUT2D eigenvalue weighted by Crippen LogP contribution is 2.60. The molecule has 10 heteroatoms. The molecule has 46 heavy (non-hydrogen) atoms. The number of anilines is 3. The first kappa shape index (κ1) is 30.6.